The first-order valence-electron chi connectivity index (χ1n) is 13.1. The summed E-state index contributed by atoms with van der Waals surface area (Å²) < 4.78 is 0. The molecular weight excluding hydrogens is 532 g/mol. The van der Waals surface area contributed by atoms with E-state index in [-0.39, 0.29) is 36.1 Å². The largest absolute Gasteiger partial charge is 0.510 e. The van der Waals surface area contributed by atoms with E-state index in [1.54, 1.807) is 45.4 Å². The first-order chi connectivity index (χ1) is 19.3. The number of aliphatic hydroxyl groups is 3. The van der Waals surface area contributed by atoms with E-state index >= 15 is 0 Å². The molecule has 0 saturated carbocycles. The van der Waals surface area contributed by atoms with Crippen LogP contribution in [0.4, 0.5) is 5.69 Å². The second kappa shape index (κ2) is 9.82. The van der Waals surface area contributed by atoms with Crippen LogP contribution in [0.15, 0.2) is 53.1 Å². The predicted octanol–water partition coefficient (Wildman–Crippen LogP) is 1.53. The van der Waals surface area contributed by atoms with E-state index in [4.69, 9.17) is 5.73 Å². The second-order valence-electron chi connectivity index (χ2n) is 10.8. The van der Waals surface area contributed by atoms with Crippen molar-refractivity contribution >= 4 is 29.1 Å². The van der Waals surface area contributed by atoms with E-state index in [1.165, 1.54) is 11.0 Å². The third kappa shape index (κ3) is 4.01. The molecule has 0 aliphatic heterocycles. The number of aliphatic hydroxyl groups excluding tert-OH is 2. The molecule has 0 unspecified atom stereocenters. The molecule has 1 aromatic carbocycles. The molecule has 41 heavy (non-hydrogen) atoms. The fourth-order valence-electron chi connectivity index (χ4n) is 6.40. The lowest BCUT2D eigenvalue weighted by atomic mass is 9.58. The van der Waals surface area contributed by atoms with Gasteiger partial charge < -0.3 is 31.5 Å². The van der Waals surface area contributed by atoms with Gasteiger partial charge in [0, 0.05) is 29.7 Å². The van der Waals surface area contributed by atoms with Crippen LogP contribution < -0.4 is 11.1 Å². The highest BCUT2D eigenvalue weighted by atomic mass is 16.3. The minimum absolute atomic E-state index is 0.0392. The lowest BCUT2D eigenvalue weighted by Gasteiger charge is -2.50. The first kappa shape index (κ1) is 28.0. The number of Topliss-reactive ketones (excluding diaryl/α,β-unsaturated/α-hetero) is 2. The average molecular weight is 563 g/mol. The third-order valence-corrected chi connectivity index (χ3v) is 8.26. The number of carbonyl (C=O) groups is 4. The van der Waals surface area contributed by atoms with Gasteiger partial charge in [0.25, 0.3) is 5.91 Å². The lowest BCUT2D eigenvalue weighted by molar-refractivity contribution is -0.148. The Morgan fingerprint density at radius 1 is 1.20 bits per heavy atom. The third-order valence-electron chi connectivity index (χ3n) is 8.26. The van der Waals surface area contributed by atoms with Gasteiger partial charge in [-0.25, -0.2) is 0 Å². The van der Waals surface area contributed by atoms with Crippen molar-refractivity contribution in [1.29, 1.82) is 0 Å². The molecule has 214 valence electrons. The number of anilines is 1. The zero-order valence-corrected chi connectivity index (χ0v) is 22.6. The summed E-state index contributed by atoms with van der Waals surface area (Å²) in [5, 5.41) is 48.0. The maximum absolute atomic E-state index is 14.1. The van der Waals surface area contributed by atoms with Crippen LogP contribution in [0.3, 0.4) is 0 Å². The fourth-order valence-corrected chi connectivity index (χ4v) is 6.40. The highest BCUT2D eigenvalue weighted by Gasteiger charge is 2.63. The van der Waals surface area contributed by atoms with Gasteiger partial charge in [0.2, 0.25) is 11.7 Å². The molecule has 0 spiro atoms. The number of aromatic nitrogens is 1. The van der Waals surface area contributed by atoms with Crippen molar-refractivity contribution in [2.45, 2.75) is 37.8 Å². The van der Waals surface area contributed by atoms with Crippen LogP contribution >= 0.6 is 0 Å². The van der Waals surface area contributed by atoms with E-state index in [0.29, 0.717) is 16.8 Å². The molecule has 0 bridgehead atoms. The standard InChI is InChI=1S/C29H30N4O8/c1-4-18(34)32-17-11-13(16-7-5-6-8-31-16)14-9-12-10-15-22(33(2)3)25(37)21(28(30)40)27(39)29(15,41)26(38)19(12)24(36)20(14)23(17)35/h5-8,11-12,15,22,35,37-38,41H,4,9-10H2,1-3H3,(H2,30,40)(H,32,34)/t12-,15-,22+,29-/m0/s1. The monoisotopic (exact) mass is 562 g/mol. The van der Waals surface area contributed by atoms with Crippen molar-refractivity contribution in [3.05, 3.63) is 64.3 Å². The van der Waals surface area contributed by atoms with Gasteiger partial charge in [0.15, 0.2) is 17.1 Å². The smallest absolute Gasteiger partial charge is 0.255 e. The maximum Gasteiger partial charge on any atom is 0.255 e. The Hall–Kier alpha value is -4.55. The Labute approximate surface area is 234 Å². The minimum Gasteiger partial charge on any atom is -0.510 e. The Balaban J connectivity index is 1.76. The van der Waals surface area contributed by atoms with Crippen LogP contribution in [0.2, 0.25) is 0 Å². The number of likely N-dealkylation sites (N-methyl/N-ethyl adjacent to an activating group) is 1. The van der Waals surface area contributed by atoms with Crippen molar-refractivity contribution in [2.75, 3.05) is 19.4 Å². The predicted molar refractivity (Wildman–Crippen MR) is 146 cm³/mol. The van der Waals surface area contributed by atoms with Crippen LogP contribution in [0, 0.1) is 11.8 Å². The quantitative estimate of drug-likeness (QED) is 0.229. The van der Waals surface area contributed by atoms with Gasteiger partial charge in [0.05, 0.1) is 23.0 Å². The number of benzene rings is 1. The summed E-state index contributed by atoms with van der Waals surface area (Å²) in [5.74, 6) is -7.87. The highest BCUT2D eigenvalue weighted by Crippen LogP contribution is 2.53. The van der Waals surface area contributed by atoms with Crippen molar-refractivity contribution in [1.82, 2.24) is 9.88 Å². The summed E-state index contributed by atoms with van der Waals surface area (Å²) in [6.07, 6.45) is 1.71. The summed E-state index contributed by atoms with van der Waals surface area (Å²) in [6, 6.07) is 5.61. The number of phenolic OH excluding ortho intramolecular Hbond substituents is 1. The molecular formula is C29H30N4O8. The molecule has 0 fully saturated rings. The molecule has 3 aliphatic rings. The first-order valence-corrected chi connectivity index (χ1v) is 13.1. The second-order valence-corrected chi connectivity index (χ2v) is 10.8. The number of hydrogen-bond acceptors (Lipinski definition) is 10. The number of fused-ring (bicyclic) bond motifs is 3. The van der Waals surface area contributed by atoms with Crippen molar-refractivity contribution < 1.29 is 39.6 Å². The number of hydrogen-bond donors (Lipinski definition) is 6. The highest BCUT2D eigenvalue weighted by molar-refractivity contribution is 6.25. The molecule has 2 amide bonds. The number of allylic oxidation sites excluding steroid dienone is 1. The van der Waals surface area contributed by atoms with Gasteiger partial charge in [-0.15, -0.1) is 0 Å². The molecule has 0 saturated heterocycles. The Kier molecular flexibility index (Phi) is 6.71. The summed E-state index contributed by atoms with van der Waals surface area (Å²) in [7, 11) is 3.13. The number of ketones is 2. The number of rotatable bonds is 5. The van der Waals surface area contributed by atoms with E-state index in [9.17, 15) is 39.6 Å². The number of primary amides is 1. The Morgan fingerprint density at radius 3 is 2.49 bits per heavy atom. The summed E-state index contributed by atoms with van der Waals surface area (Å²) >= 11 is 0. The fraction of sp³-hybridized carbons (Fsp3) is 0.345. The lowest BCUT2D eigenvalue weighted by Crippen LogP contribution is -2.63. The van der Waals surface area contributed by atoms with E-state index in [0.717, 1.165) is 0 Å². The number of nitrogens with zero attached hydrogens (tertiary/aromatic N) is 2. The molecule has 1 aromatic heterocycles. The molecule has 5 rings (SSSR count). The number of aromatic hydroxyl groups is 1. The van der Waals surface area contributed by atoms with E-state index in [2.05, 4.69) is 10.3 Å². The molecule has 4 atom stereocenters. The molecule has 3 aliphatic carbocycles. The average Bonchev–Trinajstić information content (AvgIpc) is 2.92. The van der Waals surface area contributed by atoms with Crippen LogP contribution in [0.25, 0.3) is 11.3 Å². The Morgan fingerprint density at radius 2 is 1.90 bits per heavy atom. The van der Waals surface area contributed by atoms with Gasteiger partial charge in [-0.3, -0.25) is 29.1 Å². The van der Waals surface area contributed by atoms with Gasteiger partial charge in [-0.2, -0.15) is 0 Å². The van der Waals surface area contributed by atoms with Crippen LogP contribution in [-0.4, -0.2) is 79.4 Å². The van der Waals surface area contributed by atoms with E-state index in [1.807, 2.05) is 0 Å². The minimum atomic E-state index is -2.74. The number of amides is 2. The number of nitrogens with one attached hydrogen (secondary N) is 1. The number of pyridine rings is 1. The van der Waals surface area contributed by atoms with Crippen LogP contribution in [0.5, 0.6) is 5.75 Å². The molecule has 0 radical (unpaired) electrons. The van der Waals surface area contributed by atoms with Gasteiger partial charge in [-0.1, -0.05) is 13.0 Å². The summed E-state index contributed by atoms with van der Waals surface area (Å²) in [5.41, 5.74) is 2.58. The van der Waals surface area contributed by atoms with Crippen molar-refractivity contribution in [3.8, 4) is 17.0 Å². The summed E-state index contributed by atoms with van der Waals surface area (Å²) in [6.45, 7) is 1.62. The maximum atomic E-state index is 14.1. The van der Waals surface area contributed by atoms with Crippen molar-refractivity contribution in [2.24, 2.45) is 17.6 Å². The summed E-state index contributed by atoms with van der Waals surface area (Å²) in [4.78, 5) is 57.8. The van der Waals surface area contributed by atoms with E-state index < -0.39 is 69.7 Å². The molecule has 7 N–H and O–H groups in total. The molecule has 12 nitrogen and oxygen atoms in total. The number of phenols is 1. The van der Waals surface area contributed by atoms with Gasteiger partial charge >= 0.3 is 0 Å². The SMILES string of the molecule is CCC(=O)Nc1cc(-c2ccccn2)c2c(c1O)C(=O)C1=C(O)[C@]3(O)C(=O)C(C(N)=O)=C(O)[C@H](N(C)C)[C@@H]3C[C@@H]1C2. The van der Waals surface area contributed by atoms with Gasteiger partial charge in [-0.05, 0) is 56.6 Å². The number of nitrogens with two attached hydrogens (primary N) is 1. The topological polar surface area (TPSA) is 203 Å². The van der Waals surface area contributed by atoms with Gasteiger partial charge in [0.1, 0.15) is 17.1 Å². The number of carbonyl (C=O) groups excluding carboxylic acids is 4. The van der Waals surface area contributed by atoms with Crippen LogP contribution in [0.1, 0.15) is 35.7 Å². The zero-order valence-electron chi connectivity index (χ0n) is 22.6. The normalized spacial score (nSPS) is 25.5. The Bertz CT molecular complexity index is 1580. The molecule has 1 heterocycles. The molecule has 12 heteroatoms. The van der Waals surface area contributed by atoms with Crippen LogP contribution in [-0.2, 0) is 20.8 Å². The molecule has 2 aromatic rings. The zero-order chi connectivity index (χ0) is 30.0. The van der Waals surface area contributed by atoms with Crippen molar-refractivity contribution in [3.63, 3.8) is 0 Å².